The van der Waals surface area contributed by atoms with Crippen molar-refractivity contribution in [2.45, 2.75) is 26.4 Å². The SMILES string of the molecule is CCN1CCC(CNc2cc(Cl)nc(COC)n2)CC1. The number of halogens is 1. The molecule has 1 aromatic heterocycles. The Morgan fingerprint density at radius 3 is 2.80 bits per heavy atom. The Hall–Kier alpha value is -0.910. The van der Waals surface area contributed by atoms with Crippen LogP contribution in [0.1, 0.15) is 25.6 Å². The van der Waals surface area contributed by atoms with E-state index >= 15 is 0 Å². The van der Waals surface area contributed by atoms with E-state index in [9.17, 15) is 0 Å². The average molecular weight is 299 g/mol. The predicted molar refractivity (Wildman–Crippen MR) is 81.1 cm³/mol. The number of hydrogen-bond acceptors (Lipinski definition) is 5. The molecular formula is C14H23ClN4O. The molecule has 0 bridgehead atoms. The van der Waals surface area contributed by atoms with E-state index in [-0.39, 0.29) is 0 Å². The van der Waals surface area contributed by atoms with Crippen molar-refractivity contribution in [2.75, 3.05) is 38.6 Å². The first kappa shape index (κ1) is 15.5. The van der Waals surface area contributed by atoms with Crippen molar-refractivity contribution in [1.29, 1.82) is 0 Å². The van der Waals surface area contributed by atoms with Crippen molar-refractivity contribution in [1.82, 2.24) is 14.9 Å². The van der Waals surface area contributed by atoms with E-state index < -0.39 is 0 Å². The third-order valence-corrected chi connectivity index (χ3v) is 3.93. The lowest BCUT2D eigenvalue weighted by Gasteiger charge is -2.31. The van der Waals surface area contributed by atoms with Gasteiger partial charge >= 0.3 is 0 Å². The van der Waals surface area contributed by atoms with Crippen LogP contribution >= 0.6 is 11.6 Å². The molecule has 2 rings (SSSR count). The highest BCUT2D eigenvalue weighted by atomic mass is 35.5. The van der Waals surface area contributed by atoms with Gasteiger partial charge in [-0.1, -0.05) is 18.5 Å². The summed E-state index contributed by atoms with van der Waals surface area (Å²) in [5, 5.41) is 3.83. The monoisotopic (exact) mass is 298 g/mol. The molecule has 20 heavy (non-hydrogen) atoms. The number of methoxy groups -OCH3 is 1. The van der Waals surface area contributed by atoms with Crippen molar-refractivity contribution in [2.24, 2.45) is 5.92 Å². The number of rotatable bonds is 6. The van der Waals surface area contributed by atoms with E-state index in [0.717, 1.165) is 18.9 Å². The molecule has 5 nitrogen and oxygen atoms in total. The number of ether oxygens (including phenoxy) is 1. The van der Waals surface area contributed by atoms with Crippen molar-refractivity contribution in [3.63, 3.8) is 0 Å². The number of nitrogens with zero attached hydrogens (tertiary/aromatic N) is 3. The largest absolute Gasteiger partial charge is 0.377 e. The van der Waals surface area contributed by atoms with Crippen LogP contribution < -0.4 is 5.32 Å². The molecule has 1 aliphatic rings. The predicted octanol–water partition coefficient (Wildman–Crippen LogP) is 2.42. The molecule has 6 heteroatoms. The van der Waals surface area contributed by atoms with Crippen LogP contribution in [0.3, 0.4) is 0 Å². The second-order valence-corrected chi connectivity index (χ2v) is 5.57. The van der Waals surface area contributed by atoms with Crippen molar-refractivity contribution in [3.8, 4) is 0 Å². The van der Waals surface area contributed by atoms with Gasteiger partial charge in [0.1, 0.15) is 17.6 Å². The third kappa shape index (κ3) is 4.58. The standard InChI is InChI=1S/C14H23ClN4O/c1-3-19-6-4-11(5-7-19)9-16-13-8-12(15)17-14(18-13)10-20-2/h8,11H,3-7,9-10H2,1-2H3,(H,16,17,18). The Bertz CT molecular complexity index is 422. The molecule has 1 N–H and O–H groups in total. The van der Waals surface area contributed by atoms with Crippen LogP contribution in [0, 0.1) is 5.92 Å². The van der Waals surface area contributed by atoms with Gasteiger partial charge in [-0.2, -0.15) is 0 Å². The molecule has 1 saturated heterocycles. The zero-order valence-electron chi connectivity index (χ0n) is 12.2. The number of likely N-dealkylation sites (tertiary alicyclic amines) is 1. The first-order chi connectivity index (χ1) is 9.71. The maximum absolute atomic E-state index is 5.99. The average Bonchev–Trinajstić information content (AvgIpc) is 2.45. The van der Waals surface area contributed by atoms with Crippen molar-refractivity contribution < 1.29 is 4.74 Å². The van der Waals surface area contributed by atoms with Gasteiger partial charge < -0.3 is 15.0 Å². The van der Waals surface area contributed by atoms with Crippen LogP contribution in [0.25, 0.3) is 0 Å². The minimum Gasteiger partial charge on any atom is -0.377 e. The summed E-state index contributed by atoms with van der Waals surface area (Å²) >= 11 is 5.99. The highest BCUT2D eigenvalue weighted by Gasteiger charge is 2.17. The van der Waals surface area contributed by atoms with E-state index in [2.05, 4.69) is 27.1 Å². The molecule has 0 amide bonds. The van der Waals surface area contributed by atoms with Gasteiger partial charge in [-0.05, 0) is 38.4 Å². The molecule has 112 valence electrons. The van der Waals surface area contributed by atoms with Crippen LogP contribution in [-0.2, 0) is 11.3 Å². The van der Waals surface area contributed by atoms with Gasteiger partial charge in [0.15, 0.2) is 5.82 Å². The second kappa shape index (κ2) is 7.76. The van der Waals surface area contributed by atoms with Gasteiger partial charge in [-0.25, -0.2) is 9.97 Å². The molecule has 1 aromatic rings. The molecule has 0 saturated carbocycles. The number of nitrogens with one attached hydrogen (secondary N) is 1. The summed E-state index contributed by atoms with van der Waals surface area (Å²) in [5.41, 5.74) is 0. The van der Waals surface area contributed by atoms with E-state index in [1.807, 2.05) is 0 Å². The van der Waals surface area contributed by atoms with E-state index in [0.29, 0.717) is 23.5 Å². The molecule has 2 heterocycles. The minimum absolute atomic E-state index is 0.379. The zero-order valence-corrected chi connectivity index (χ0v) is 13.0. The molecule has 0 spiro atoms. The first-order valence-electron chi connectivity index (χ1n) is 7.20. The van der Waals surface area contributed by atoms with Gasteiger partial charge in [0, 0.05) is 19.7 Å². The summed E-state index contributed by atoms with van der Waals surface area (Å²) < 4.78 is 5.04. The quantitative estimate of drug-likeness (QED) is 0.818. The fourth-order valence-corrected chi connectivity index (χ4v) is 2.71. The Morgan fingerprint density at radius 1 is 1.40 bits per heavy atom. The fourth-order valence-electron chi connectivity index (χ4n) is 2.50. The Balaban J connectivity index is 1.84. The fraction of sp³-hybridized carbons (Fsp3) is 0.714. The molecule has 0 unspecified atom stereocenters. The first-order valence-corrected chi connectivity index (χ1v) is 7.57. The molecule has 0 radical (unpaired) electrons. The van der Waals surface area contributed by atoms with E-state index in [1.165, 1.54) is 25.9 Å². The lowest BCUT2D eigenvalue weighted by Crippen LogP contribution is -2.35. The van der Waals surface area contributed by atoms with Gasteiger partial charge in [-0.15, -0.1) is 0 Å². The van der Waals surface area contributed by atoms with Crippen LogP contribution in [0.15, 0.2) is 6.07 Å². The van der Waals surface area contributed by atoms with E-state index in [1.54, 1.807) is 13.2 Å². The van der Waals surface area contributed by atoms with Crippen molar-refractivity contribution in [3.05, 3.63) is 17.0 Å². The van der Waals surface area contributed by atoms with Crippen LogP contribution in [-0.4, -0.2) is 48.2 Å². The summed E-state index contributed by atoms with van der Waals surface area (Å²) in [6, 6.07) is 1.77. The maximum Gasteiger partial charge on any atom is 0.158 e. The molecule has 1 aliphatic heterocycles. The Kier molecular flexibility index (Phi) is 6.01. The number of hydrogen-bond donors (Lipinski definition) is 1. The normalized spacial score (nSPS) is 17.4. The van der Waals surface area contributed by atoms with Crippen LogP contribution in [0.2, 0.25) is 5.15 Å². The van der Waals surface area contributed by atoms with Crippen LogP contribution in [0.4, 0.5) is 5.82 Å². The van der Waals surface area contributed by atoms with Crippen LogP contribution in [0.5, 0.6) is 0 Å². The summed E-state index contributed by atoms with van der Waals surface area (Å²) in [4.78, 5) is 11.0. The van der Waals surface area contributed by atoms with Gasteiger partial charge in [-0.3, -0.25) is 0 Å². The van der Waals surface area contributed by atoms with Gasteiger partial charge in [0.25, 0.3) is 0 Å². The van der Waals surface area contributed by atoms with Crippen molar-refractivity contribution >= 4 is 17.4 Å². The lowest BCUT2D eigenvalue weighted by molar-refractivity contribution is 0.178. The number of aromatic nitrogens is 2. The Morgan fingerprint density at radius 2 is 2.15 bits per heavy atom. The molecule has 0 aliphatic carbocycles. The molecule has 1 fully saturated rings. The Labute approximate surface area is 125 Å². The summed E-state index contributed by atoms with van der Waals surface area (Å²) in [5.74, 6) is 2.11. The van der Waals surface area contributed by atoms with Gasteiger partial charge in [0.05, 0.1) is 0 Å². The maximum atomic E-state index is 5.99. The molecular weight excluding hydrogens is 276 g/mol. The topological polar surface area (TPSA) is 50.3 Å². The summed E-state index contributed by atoms with van der Waals surface area (Å²) in [7, 11) is 1.62. The van der Waals surface area contributed by atoms with E-state index in [4.69, 9.17) is 16.3 Å². The zero-order chi connectivity index (χ0) is 14.4. The number of piperidine rings is 1. The molecule has 0 aromatic carbocycles. The third-order valence-electron chi connectivity index (χ3n) is 3.74. The molecule has 0 atom stereocenters. The van der Waals surface area contributed by atoms with Gasteiger partial charge in [0.2, 0.25) is 0 Å². The summed E-state index contributed by atoms with van der Waals surface area (Å²) in [6.45, 7) is 7.09. The second-order valence-electron chi connectivity index (χ2n) is 5.18. The minimum atomic E-state index is 0.379. The highest BCUT2D eigenvalue weighted by molar-refractivity contribution is 6.29. The number of anilines is 1. The highest BCUT2D eigenvalue weighted by Crippen LogP contribution is 2.18. The smallest absolute Gasteiger partial charge is 0.158 e. The summed E-state index contributed by atoms with van der Waals surface area (Å²) in [6.07, 6.45) is 2.48. The lowest BCUT2D eigenvalue weighted by atomic mass is 9.97.